The first-order chi connectivity index (χ1) is 23.0. The average Bonchev–Trinajstić information content (AvgIpc) is 3.01. The third-order valence-corrected chi connectivity index (χ3v) is 8.58. The van der Waals surface area contributed by atoms with Gasteiger partial charge in [0.05, 0.1) is 45.7 Å². The minimum absolute atomic E-state index is 0.00751. The number of anilines is 2. The Morgan fingerprint density at radius 1 is 0.440 bits per heavy atom. The van der Waals surface area contributed by atoms with Crippen molar-refractivity contribution in [2.24, 2.45) is 0 Å². The summed E-state index contributed by atoms with van der Waals surface area (Å²) in [6.45, 7) is 0. The zero-order chi connectivity index (χ0) is 37.4. The normalized spacial score (nSPS) is 15.2. The molecule has 0 N–H and O–H groups in total. The Kier molecular flexibility index (Phi) is 11.0. The number of alkyl halides is 12. The molecule has 0 aliphatic rings. The van der Waals surface area contributed by atoms with Crippen LogP contribution in [-0.2, 0) is 47.2 Å². The van der Waals surface area contributed by atoms with Crippen LogP contribution in [-0.4, -0.2) is 17.5 Å². The molecule has 6 nitrogen and oxygen atoms in total. The van der Waals surface area contributed by atoms with Crippen molar-refractivity contribution in [3.63, 3.8) is 0 Å². The van der Waals surface area contributed by atoms with Gasteiger partial charge in [-0.05, 0) is 47.5 Å². The van der Waals surface area contributed by atoms with E-state index < -0.39 is 93.0 Å². The summed E-state index contributed by atoms with van der Waals surface area (Å²) in [6.07, 6.45) is -22.0. The molecule has 4 rings (SSSR count). The Bertz CT molecular complexity index is 1650. The fourth-order valence-corrected chi connectivity index (χ4v) is 6.40. The Labute approximate surface area is 279 Å². The van der Waals surface area contributed by atoms with Gasteiger partial charge < -0.3 is 9.11 Å². The van der Waals surface area contributed by atoms with Gasteiger partial charge in [-0.3, -0.25) is 17.0 Å². The van der Waals surface area contributed by atoms with E-state index >= 15 is 0 Å². The van der Waals surface area contributed by atoms with Gasteiger partial charge in [0.25, 0.3) is 0 Å². The number of hydrogen-bond acceptors (Lipinski definition) is 4. The van der Waals surface area contributed by atoms with E-state index in [4.69, 9.17) is 0 Å². The van der Waals surface area contributed by atoms with Crippen LogP contribution in [0.2, 0.25) is 0 Å². The summed E-state index contributed by atoms with van der Waals surface area (Å²) in [6, 6.07) is 6.55. The van der Waals surface area contributed by atoms with Gasteiger partial charge in [-0.2, -0.15) is 52.7 Å². The topological polar surface area (TPSA) is 86.7 Å². The monoisotopic (exact) mass is 762 g/mol. The van der Waals surface area contributed by atoms with E-state index in [2.05, 4.69) is 0 Å². The molecule has 270 valence electrons. The van der Waals surface area contributed by atoms with Gasteiger partial charge in [-0.1, -0.05) is 60.7 Å². The van der Waals surface area contributed by atoms with E-state index in [0.29, 0.717) is 0 Å². The van der Waals surface area contributed by atoms with Crippen molar-refractivity contribution < 1.29 is 70.2 Å². The van der Waals surface area contributed by atoms with Crippen LogP contribution < -0.4 is 8.61 Å². The molecule has 0 amide bonds. The maximum absolute atomic E-state index is 13.9. The second-order valence-corrected chi connectivity index (χ2v) is 12.0. The third-order valence-electron chi connectivity index (χ3n) is 7.06. The lowest BCUT2D eigenvalue weighted by Crippen LogP contribution is -2.43. The second-order valence-electron chi connectivity index (χ2n) is 10.3. The summed E-state index contributed by atoms with van der Waals surface area (Å²) in [4.78, 5) is 0. The fourth-order valence-electron chi connectivity index (χ4n) is 5.00. The minimum atomic E-state index is -5.50. The molecule has 0 aromatic heterocycles. The summed E-state index contributed by atoms with van der Waals surface area (Å²) in [5, 5.41) is 0. The van der Waals surface area contributed by atoms with Gasteiger partial charge in [0.1, 0.15) is 0 Å². The zero-order valence-corrected chi connectivity index (χ0v) is 25.9. The number of halogens is 12. The van der Waals surface area contributed by atoms with Gasteiger partial charge in [0.15, 0.2) is 0 Å². The Hall–Kier alpha value is -4.14. The lowest BCUT2D eigenvalue weighted by atomic mass is 9.92. The van der Waals surface area contributed by atoms with Gasteiger partial charge in [-0.15, -0.1) is 0 Å². The van der Waals surface area contributed by atoms with Crippen molar-refractivity contribution in [2.45, 2.75) is 36.8 Å². The van der Waals surface area contributed by atoms with Gasteiger partial charge >= 0.3 is 24.7 Å². The smallest absolute Gasteiger partial charge is 0.416 e. The van der Waals surface area contributed by atoms with Crippen LogP contribution in [0, 0.1) is 0 Å². The largest absolute Gasteiger partial charge is 0.755 e. The first-order valence-corrected chi connectivity index (χ1v) is 15.5. The number of rotatable bonds is 9. The molecule has 0 spiro atoms. The molecule has 0 aliphatic carbocycles. The quantitative estimate of drug-likeness (QED) is 0.126. The van der Waals surface area contributed by atoms with Crippen LogP contribution in [0.4, 0.5) is 64.1 Å². The molecule has 0 saturated carbocycles. The first kappa shape index (κ1) is 38.7. The van der Waals surface area contributed by atoms with Crippen LogP contribution >= 0.6 is 0 Å². The molecule has 50 heavy (non-hydrogen) atoms. The highest BCUT2D eigenvalue weighted by molar-refractivity contribution is 7.81. The average molecular weight is 763 g/mol. The molecule has 0 heterocycles. The molecule has 4 atom stereocenters. The van der Waals surface area contributed by atoms with Gasteiger partial charge in [0.2, 0.25) is 0 Å². The van der Waals surface area contributed by atoms with E-state index in [0.717, 1.165) is 24.3 Å². The lowest BCUT2D eigenvalue weighted by molar-refractivity contribution is -0.144. The molecule has 4 aromatic rings. The van der Waals surface area contributed by atoms with Crippen molar-refractivity contribution in [3.8, 4) is 0 Å². The molecule has 0 saturated heterocycles. The molecule has 4 aromatic carbocycles. The fraction of sp³-hybridized carbons (Fsp3) is 0.200. The Morgan fingerprint density at radius 3 is 0.880 bits per heavy atom. The van der Waals surface area contributed by atoms with Crippen LogP contribution in [0.25, 0.3) is 0 Å². The molecule has 20 heteroatoms. The number of nitrogens with zero attached hydrogens (tertiary/aromatic N) is 2. The van der Waals surface area contributed by atoms with Crippen LogP contribution in [0.15, 0.2) is 97.1 Å². The third kappa shape index (κ3) is 8.77. The van der Waals surface area contributed by atoms with E-state index in [9.17, 15) is 70.2 Å². The lowest BCUT2D eigenvalue weighted by Gasteiger charge is -2.45. The molecule has 0 radical (unpaired) electrons. The minimum Gasteiger partial charge on any atom is -0.755 e. The van der Waals surface area contributed by atoms with E-state index in [1.165, 1.54) is 36.4 Å². The summed E-state index contributed by atoms with van der Waals surface area (Å²) in [5.41, 5.74) is -11.3. The van der Waals surface area contributed by atoms with Crippen molar-refractivity contribution in [1.29, 1.82) is 0 Å². The van der Waals surface area contributed by atoms with E-state index in [1.54, 1.807) is 0 Å². The van der Waals surface area contributed by atoms with Crippen LogP contribution in [0.5, 0.6) is 0 Å². The molecule has 0 bridgehead atoms. The zero-order valence-electron chi connectivity index (χ0n) is 24.3. The maximum atomic E-state index is 13.9. The highest BCUT2D eigenvalue weighted by Crippen LogP contribution is 2.48. The molecule has 4 unspecified atom stereocenters. The maximum Gasteiger partial charge on any atom is 0.416 e. The summed E-state index contributed by atoms with van der Waals surface area (Å²) < 4.78 is 218. The first-order valence-electron chi connectivity index (χ1n) is 13.5. The van der Waals surface area contributed by atoms with E-state index in [-0.39, 0.29) is 56.1 Å². The van der Waals surface area contributed by atoms with Crippen LogP contribution in [0.1, 0.15) is 45.5 Å². The Balaban J connectivity index is 2.17. The molecular formula is C30H18F12N2O4S2-2. The predicted molar refractivity (Wildman–Crippen MR) is 154 cm³/mol. The number of hydrogen-bond donors (Lipinski definition) is 0. The van der Waals surface area contributed by atoms with E-state index in [1.807, 2.05) is 0 Å². The molecule has 0 aliphatic heterocycles. The summed E-state index contributed by atoms with van der Waals surface area (Å²) in [5.74, 6) is 0. The second kappa shape index (κ2) is 14.2. The highest BCUT2D eigenvalue weighted by atomic mass is 32.2. The molecule has 0 fully saturated rings. The van der Waals surface area contributed by atoms with Crippen molar-refractivity contribution in [1.82, 2.24) is 0 Å². The van der Waals surface area contributed by atoms with Crippen molar-refractivity contribution in [2.75, 3.05) is 8.61 Å². The predicted octanol–water partition coefficient (Wildman–Crippen LogP) is 9.15. The molecular weight excluding hydrogens is 744 g/mol. The van der Waals surface area contributed by atoms with Crippen LogP contribution in [0.3, 0.4) is 0 Å². The SMILES string of the molecule is O=S([O-])N(c1cc(C(F)(F)F)cc(C(F)(F)F)c1)C(c1ccccc1)C(c1ccccc1)N(c1cc(C(F)(F)F)cc(C(F)(F)F)c1)S(=O)[O-]. The number of benzene rings is 4. The summed E-state index contributed by atoms with van der Waals surface area (Å²) in [7, 11) is 0. The highest BCUT2D eigenvalue weighted by Gasteiger charge is 2.43. The summed E-state index contributed by atoms with van der Waals surface area (Å²) >= 11 is -7.82. The van der Waals surface area contributed by atoms with Crippen molar-refractivity contribution in [3.05, 3.63) is 130 Å². The standard InChI is InChI=1S/C30H20F12N2O4S2/c31-27(32,33)19-11-20(28(34,35)36)14-23(13-19)43(49(45)46)25(17-7-3-1-4-8-17)26(18-9-5-2-6-10-18)44(50(47)48)24-15-21(29(37,38)39)12-22(16-24)30(40,41)42/h1-16,25-26H,(H,45,46)(H,47,48)/p-2. The van der Waals surface area contributed by atoms with Gasteiger partial charge in [0, 0.05) is 22.5 Å². The van der Waals surface area contributed by atoms with Crippen molar-refractivity contribution >= 4 is 33.9 Å². The Morgan fingerprint density at radius 2 is 0.680 bits per heavy atom. The van der Waals surface area contributed by atoms with Gasteiger partial charge in [-0.25, -0.2) is 0 Å².